The van der Waals surface area contributed by atoms with E-state index in [1.54, 1.807) is 13.8 Å². The number of nitrogens with one attached hydrogen (secondary N) is 2. The van der Waals surface area contributed by atoms with Gasteiger partial charge < -0.3 is 15.2 Å². The Morgan fingerprint density at radius 3 is 2.52 bits per heavy atom. The maximum absolute atomic E-state index is 12.8. The molecular formula is C24H37N3O2. The van der Waals surface area contributed by atoms with Crippen LogP contribution in [0, 0.1) is 0 Å². The predicted octanol–water partition coefficient (Wildman–Crippen LogP) is 4.48. The highest BCUT2D eigenvalue weighted by molar-refractivity contribution is 5.91. The Labute approximate surface area is 175 Å². The van der Waals surface area contributed by atoms with Crippen molar-refractivity contribution < 1.29 is 9.59 Å². The van der Waals surface area contributed by atoms with Crippen LogP contribution in [0.2, 0.25) is 0 Å². The zero-order valence-electron chi connectivity index (χ0n) is 18.7. The summed E-state index contributed by atoms with van der Waals surface area (Å²) >= 11 is 0. The first-order valence-electron chi connectivity index (χ1n) is 10.9. The first-order valence-corrected chi connectivity index (χ1v) is 10.9. The Hall–Kier alpha value is -2.30. The van der Waals surface area contributed by atoms with Crippen molar-refractivity contribution in [2.24, 2.45) is 7.05 Å². The number of aryl methyl sites for hydroxylation is 1. The number of aromatic nitrogens is 1. The summed E-state index contributed by atoms with van der Waals surface area (Å²) in [5.41, 5.74) is 1.48. The maximum Gasteiger partial charge on any atom is 0.245 e. The van der Waals surface area contributed by atoms with Crippen molar-refractivity contribution >= 4 is 22.7 Å². The lowest BCUT2D eigenvalue weighted by Gasteiger charge is -2.27. The summed E-state index contributed by atoms with van der Waals surface area (Å²) in [6, 6.07) is 8.26. The third-order valence-corrected chi connectivity index (χ3v) is 5.41. The van der Waals surface area contributed by atoms with Crippen LogP contribution in [0.3, 0.4) is 0 Å². The van der Waals surface area contributed by atoms with Crippen molar-refractivity contribution in [2.45, 2.75) is 84.2 Å². The number of unbranched alkanes of at least 4 members (excludes halogenated alkanes) is 4. The molecule has 1 heterocycles. The molecule has 1 atom stereocenters. The van der Waals surface area contributed by atoms with Crippen molar-refractivity contribution in [2.75, 3.05) is 0 Å². The lowest BCUT2D eigenvalue weighted by molar-refractivity contribution is -0.132. The van der Waals surface area contributed by atoms with Crippen LogP contribution in [0.4, 0.5) is 0 Å². The highest BCUT2D eigenvalue weighted by Crippen LogP contribution is 2.21. The minimum Gasteiger partial charge on any atom is -0.351 e. The van der Waals surface area contributed by atoms with Gasteiger partial charge >= 0.3 is 0 Å². The molecule has 0 unspecified atom stereocenters. The van der Waals surface area contributed by atoms with Crippen LogP contribution in [0.1, 0.15) is 71.8 Å². The number of nitrogens with zero attached hydrogens (tertiary/aromatic N) is 1. The van der Waals surface area contributed by atoms with Crippen LogP contribution < -0.4 is 10.6 Å². The Bertz CT molecular complexity index is 823. The third kappa shape index (κ3) is 6.62. The molecule has 0 saturated carbocycles. The van der Waals surface area contributed by atoms with E-state index in [9.17, 15) is 9.59 Å². The van der Waals surface area contributed by atoms with Crippen molar-refractivity contribution in [1.82, 2.24) is 15.2 Å². The highest BCUT2D eigenvalue weighted by atomic mass is 16.2. The second kappa shape index (κ2) is 10.5. The topological polar surface area (TPSA) is 63.1 Å². The lowest BCUT2D eigenvalue weighted by atomic mass is 10.0. The normalized spacial score (nSPS) is 12.7. The number of para-hydroxylation sites is 1. The number of hydrogen-bond acceptors (Lipinski definition) is 2. The SMILES string of the molecule is CCCCCCCC(=O)NC(C)(C)C(=O)N[C@@H](C)Cc1cn(C)c2ccccc12. The fourth-order valence-corrected chi connectivity index (χ4v) is 3.73. The third-order valence-electron chi connectivity index (χ3n) is 5.41. The first-order chi connectivity index (χ1) is 13.7. The zero-order valence-corrected chi connectivity index (χ0v) is 18.7. The highest BCUT2D eigenvalue weighted by Gasteiger charge is 2.30. The van der Waals surface area contributed by atoms with Gasteiger partial charge in [-0.3, -0.25) is 9.59 Å². The summed E-state index contributed by atoms with van der Waals surface area (Å²) in [6.07, 6.45) is 8.86. The number of carbonyl (C=O) groups is 2. The van der Waals surface area contributed by atoms with E-state index in [0.717, 1.165) is 19.3 Å². The van der Waals surface area contributed by atoms with E-state index >= 15 is 0 Å². The molecule has 2 aromatic rings. The van der Waals surface area contributed by atoms with Gasteiger partial charge in [-0.2, -0.15) is 0 Å². The van der Waals surface area contributed by atoms with E-state index in [-0.39, 0.29) is 17.9 Å². The van der Waals surface area contributed by atoms with Crippen LogP contribution in [0.25, 0.3) is 10.9 Å². The first kappa shape index (κ1) is 23.0. The number of rotatable bonds is 11. The molecule has 1 aromatic carbocycles. The molecule has 0 saturated heterocycles. The van der Waals surface area contributed by atoms with Crippen molar-refractivity contribution in [3.05, 3.63) is 36.0 Å². The van der Waals surface area contributed by atoms with E-state index < -0.39 is 5.54 Å². The largest absolute Gasteiger partial charge is 0.351 e. The fourth-order valence-electron chi connectivity index (χ4n) is 3.73. The number of carbonyl (C=O) groups excluding carboxylic acids is 2. The van der Waals surface area contributed by atoms with Gasteiger partial charge in [0, 0.05) is 36.6 Å². The van der Waals surface area contributed by atoms with E-state index in [0.29, 0.717) is 6.42 Å². The van der Waals surface area contributed by atoms with Crippen LogP contribution in [-0.4, -0.2) is 28.0 Å². The molecule has 0 spiro atoms. The monoisotopic (exact) mass is 399 g/mol. The van der Waals surface area contributed by atoms with Crippen LogP contribution in [0.15, 0.2) is 30.5 Å². The predicted molar refractivity (Wildman–Crippen MR) is 120 cm³/mol. The summed E-state index contributed by atoms with van der Waals surface area (Å²) in [5, 5.41) is 7.18. The quantitative estimate of drug-likeness (QED) is 0.547. The average Bonchev–Trinajstić information content (AvgIpc) is 2.97. The van der Waals surface area contributed by atoms with Crippen molar-refractivity contribution in [1.29, 1.82) is 0 Å². The summed E-state index contributed by atoms with van der Waals surface area (Å²) in [6.45, 7) is 7.71. The number of amides is 2. The van der Waals surface area contributed by atoms with Crippen LogP contribution in [-0.2, 0) is 23.1 Å². The van der Waals surface area contributed by atoms with Gasteiger partial charge in [-0.1, -0.05) is 50.8 Å². The molecule has 0 bridgehead atoms. The van der Waals surface area contributed by atoms with E-state index in [1.165, 1.54) is 35.7 Å². The van der Waals surface area contributed by atoms with Gasteiger partial charge in [0.1, 0.15) is 5.54 Å². The summed E-state index contributed by atoms with van der Waals surface area (Å²) < 4.78 is 2.11. The fraction of sp³-hybridized carbons (Fsp3) is 0.583. The molecule has 2 amide bonds. The van der Waals surface area contributed by atoms with Gasteiger partial charge in [0.25, 0.3) is 0 Å². The minimum atomic E-state index is -0.923. The Morgan fingerprint density at radius 1 is 1.10 bits per heavy atom. The second-order valence-corrected chi connectivity index (χ2v) is 8.70. The zero-order chi connectivity index (χ0) is 21.4. The molecule has 0 aliphatic heterocycles. The molecule has 1 aromatic heterocycles. The lowest BCUT2D eigenvalue weighted by Crippen LogP contribution is -2.56. The van der Waals surface area contributed by atoms with E-state index in [2.05, 4.69) is 40.5 Å². The molecule has 0 fully saturated rings. The average molecular weight is 400 g/mol. The molecule has 2 N–H and O–H groups in total. The standard InChI is InChI=1S/C24H37N3O2/c1-6-7-8-9-10-15-22(28)26-24(3,4)23(29)25-18(2)16-19-17-27(5)21-14-12-11-13-20(19)21/h11-14,17-18H,6-10,15-16H2,1-5H3,(H,25,29)(H,26,28)/t18-/m0/s1. The molecule has 0 radical (unpaired) electrons. The van der Waals surface area contributed by atoms with Crippen molar-refractivity contribution in [3.63, 3.8) is 0 Å². The van der Waals surface area contributed by atoms with Gasteiger partial charge in [-0.15, -0.1) is 0 Å². The molecule has 5 nitrogen and oxygen atoms in total. The van der Waals surface area contributed by atoms with Crippen LogP contribution in [0.5, 0.6) is 0 Å². The van der Waals surface area contributed by atoms with Gasteiger partial charge in [0.2, 0.25) is 11.8 Å². The van der Waals surface area contributed by atoms with Crippen LogP contribution >= 0.6 is 0 Å². The summed E-state index contributed by atoms with van der Waals surface area (Å²) in [4.78, 5) is 25.0. The molecule has 0 aliphatic rings. The maximum atomic E-state index is 12.8. The molecule has 5 heteroatoms. The summed E-state index contributed by atoms with van der Waals surface area (Å²) in [5.74, 6) is -0.201. The smallest absolute Gasteiger partial charge is 0.245 e. The summed E-state index contributed by atoms with van der Waals surface area (Å²) in [7, 11) is 2.04. The second-order valence-electron chi connectivity index (χ2n) is 8.70. The van der Waals surface area contributed by atoms with E-state index in [1.807, 2.05) is 26.1 Å². The molecule has 160 valence electrons. The number of hydrogen-bond donors (Lipinski definition) is 2. The molecule has 0 aliphatic carbocycles. The molecule has 29 heavy (non-hydrogen) atoms. The number of fused-ring (bicyclic) bond motifs is 1. The number of benzene rings is 1. The van der Waals surface area contributed by atoms with Crippen molar-refractivity contribution in [3.8, 4) is 0 Å². The van der Waals surface area contributed by atoms with Gasteiger partial charge in [0.05, 0.1) is 0 Å². The minimum absolute atomic E-state index is 0.0291. The molecule has 2 rings (SSSR count). The van der Waals surface area contributed by atoms with Gasteiger partial charge in [-0.05, 0) is 45.2 Å². The molecular weight excluding hydrogens is 362 g/mol. The Kier molecular flexibility index (Phi) is 8.30. The Morgan fingerprint density at radius 2 is 1.79 bits per heavy atom. The van der Waals surface area contributed by atoms with Gasteiger partial charge in [0.15, 0.2) is 0 Å². The Balaban J connectivity index is 1.86. The van der Waals surface area contributed by atoms with E-state index in [4.69, 9.17) is 0 Å². The van der Waals surface area contributed by atoms with Gasteiger partial charge in [-0.25, -0.2) is 0 Å².